The third kappa shape index (κ3) is 6.08. The Morgan fingerprint density at radius 3 is 2.78 bits per heavy atom. The molecule has 1 amide bonds. The number of aromatic nitrogens is 1. The third-order valence-electron chi connectivity index (χ3n) is 4.52. The monoisotopic (exact) mass is 319 g/mol. The number of carbonyl (C=O) groups is 1. The van der Waals surface area contributed by atoms with Gasteiger partial charge in [-0.1, -0.05) is 19.4 Å². The molecule has 0 saturated carbocycles. The number of anilines is 1. The Morgan fingerprint density at radius 2 is 2.13 bits per heavy atom. The van der Waals surface area contributed by atoms with Crippen molar-refractivity contribution >= 4 is 11.9 Å². The van der Waals surface area contributed by atoms with Gasteiger partial charge in [0, 0.05) is 19.3 Å². The summed E-state index contributed by atoms with van der Waals surface area (Å²) in [6.07, 6.45) is 9.33. The Hall–Kier alpha value is -1.78. The van der Waals surface area contributed by atoms with E-state index in [1.165, 1.54) is 12.0 Å². The summed E-state index contributed by atoms with van der Waals surface area (Å²) < 4.78 is 5.28. The fraction of sp³-hybridized carbons (Fsp3) is 0.667. The van der Waals surface area contributed by atoms with Crippen LogP contribution in [0.1, 0.15) is 51.0 Å². The maximum Gasteiger partial charge on any atom is 0.409 e. The van der Waals surface area contributed by atoms with E-state index in [1.54, 1.807) is 0 Å². The minimum absolute atomic E-state index is 0.134. The summed E-state index contributed by atoms with van der Waals surface area (Å²) in [6, 6.07) is 3.91. The predicted octanol–water partition coefficient (Wildman–Crippen LogP) is 3.64. The van der Waals surface area contributed by atoms with Gasteiger partial charge in [0.1, 0.15) is 5.82 Å². The molecule has 0 aromatic carbocycles. The van der Waals surface area contributed by atoms with Gasteiger partial charge in [-0.3, -0.25) is 0 Å². The molecule has 0 unspecified atom stereocenters. The second-order valence-corrected chi connectivity index (χ2v) is 6.38. The van der Waals surface area contributed by atoms with Gasteiger partial charge in [-0.2, -0.15) is 0 Å². The van der Waals surface area contributed by atoms with E-state index in [4.69, 9.17) is 10.5 Å². The predicted molar refractivity (Wildman–Crippen MR) is 92.1 cm³/mol. The van der Waals surface area contributed by atoms with Crippen LogP contribution >= 0.6 is 0 Å². The number of unbranched alkanes of at least 4 members (excludes halogenated alkanes) is 1. The van der Waals surface area contributed by atoms with Crippen molar-refractivity contribution in [1.29, 1.82) is 0 Å². The van der Waals surface area contributed by atoms with Crippen LogP contribution in [0.4, 0.5) is 10.6 Å². The van der Waals surface area contributed by atoms with Gasteiger partial charge in [-0.15, -0.1) is 0 Å². The zero-order valence-electron chi connectivity index (χ0n) is 14.2. The SMILES string of the molecule is CCCCOC(=O)N1CCC(CCCc2ccc(N)nc2)CC1. The lowest BCUT2D eigenvalue weighted by molar-refractivity contribution is 0.0857. The van der Waals surface area contributed by atoms with Crippen LogP contribution in [-0.2, 0) is 11.2 Å². The normalized spacial score (nSPS) is 15.6. The molecule has 1 aromatic heterocycles. The van der Waals surface area contributed by atoms with E-state index in [0.29, 0.717) is 12.4 Å². The average molecular weight is 319 g/mol. The summed E-state index contributed by atoms with van der Waals surface area (Å²) in [5.41, 5.74) is 6.84. The summed E-state index contributed by atoms with van der Waals surface area (Å²) in [7, 11) is 0. The Balaban J connectivity index is 1.61. The van der Waals surface area contributed by atoms with Crippen molar-refractivity contribution in [3.8, 4) is 0 Å². The molecule has 2 heterocycles. The molecular weight excluding hydrogens is 290 g/mol. The van der Waals surface area contributed by atoms with Crippen molar-refractivity contribution in [3.05, 3.63) is 23.9 Å². The van der Waals surface area contributed by atoms with Gasteiger partial charge < -0.3 is 15.4 Å². The van der Waals surface area contributed by atoms with Crippen molar-refractivity contribution in [1.82, 2.24) is 9.88 Å². The Bertz CT molecular complexity index is 468. The maximum absolute atomic E-state index is 11.9. The van der Waals surface area contributed by atoms with Crippen LogP contribution in [0.15, 0.2) is 18.3 Å². The third-order valence-corrected chi connectivity index (χ3v) is 4.52. The van der Waals surface area contributed by atoms with E-state index in [1.807, 2.05) is 17.2 Å². The van der Waals surface area contributed by atoms with E-state index < -0.39 is 0 Å². The number of amides is 1. The molecule has 0 spiro atoms. The number of nitrogens with zero attached hydrogens (tertiary/aromatic N) is 2. The fourth-order valence-electron chi connectivity index (χ4n) is 2.98. The van der Waals surface area contributed by atoms with Crippen LogP contribution in [0, 0.1) is 5.92 Å². The van der Waals surface area contributed by atoms with E-state index in [2.05, 4.69) is 18.0 Å². The summed E-state index contributed by atoms with van der Waals surface area (Å²) >= 11 is 0. The summed E-state index contributed by atoms with van der Waals surface area (Å²) in [5.74, 6) is 1.29. The van der Waals surface area contributed by atoms with Gasteiger partial charge in [-0.05, 0) is 56.1 Å². The second kappa shape index (κ2) is 9.38. The van der Waals surface area contributed by atoms with Crippen LogP contribution < -0.4 is 5.73 Å². The number of nitrogens with two attached hydrogens (primary N) is 1. The van der Waals surface area contributed by atoms with Gasteiger partial charge >= 0.3 is 6.09 Å². The van der Waals surface area contributed by atoms with E-state index in [-0.39, 0.29) is 6.09 Å². The lowest BCUT2D eigenvalue weighted by atomic mass is 9.91. The van der Waals surface area contributed by atoms with Crippen molar-refractivity contribution < 1.29 is 9.53 Å². The molecule has 1 fully saturated rings. The summed E-state index contributed by atoms with van der Waals surface area (Å²) in [6.45, 7) is 4.31. The van der Waals surface area contributed by atoms with Crippen molar-refractivity contribution in [2.75, 3.05) is 25.4 Å². The Kier molecular flexibility index (Phi) is 7.17. The van der Waals surface area contributed by atoms with Gasteiger partial charge in [0.15, 0.2) is 0 Å². The molecule has 0 aliphatic carbocycles. The molecule has 1 aromatic rings. The first kappa shape index (κ1) is 17.6. The first-order valence-electron chi connectivity index (χ1n) is 8.81. The van der Waals surface area contributed by atoms with Crippen LogP contribution in [0.5, 0.6) is 0 Å². The fourth-order valence-corrected chi connectivity index (χ4v) is 2.98. The van der Waals surface area contributed by atoms with Crippen LogP contribution in [0.25, 0.3) is 0 Å². The number of carbonyl (C=O) groups excluding carboxylic acids is 1. The molecule has 0 radical (unpaired) electrons. The molecule has 0 atom stereocenters. The lowest BCUT2D eigenvalue weighted by Crippen LogP contribution is -2.39. The minimum atomic E-state index is -0.134. The number of nitrogen functional groups attached to an aromatic ring is 1. The topological polar surface area (TPSA) is 68.5 Å². The molecule has 1 aliphatic heterocycles. The Morgan fingerprint density at radius 1 is 1.35 bits per heavy atom. The van der Waals surface area contributed by atoms with Crippen LogP contribution in [0.3, 0.4) is 0 Å². The highest BCUT2D eigenvalue weighted by Crippen LogP contribution is 2.23. The zero-order valence-corrected chi connectivity index (χ0v) is 14.2. The molecule has 128 valence electrons. The van der Waals surface area contributed by atoms with E-state index in [9.17, 15) is 4.79 Å². The highest BCUT2D eigenvalue weighted by Gasteiger charge is 2.23. The molecule has 1 saturated heterocycles. The average Bonchev–Trinajstić information content (AvgIpc) is 2.57. The largest absolute Gasteiger partial charge is 0.449 e. The van der Waals surface area contributed by atoms with Gasteiger partial charge in [0.25, 0.3) is 0 Å². The molecule has 0 bridgehead atoms. The smallest absolute Gasteiger partial charge is 0.409 e. The molecule has 2 rings (SSSR count). The highest BCUT2D eigenvalue weighted by molar-refractivity contribution is 5.67. The molecule has 23 heavy (non-hydrogen) atoms. The first-order chi connectivity index (χ1) is 11.2. The zero-order chi connectivity index (χ0) is 16.5. The molecule has 1 aliphatic rings. The van der Waals surface area contributed by atoms with Crippen LogP contribution in [0.2, 0.25) is 0 Å². The number of likely N-dealkylation sites (tertiary alicyclic amines) is 1. The minimum Gasteiger partial charge on any atom is -0.449 e. The van der Waals surface area contributed by atoms with Crippen molar-refractivity contribution in [3.63, 3.8) is 0 Å². The summed E-state index contributed by atoms with van der Waals surface area (Å²) in [4.78, 5) is 17.9. The van der Waals surface area contributed by atoms with Gasteiger partial charge in [0.05, 0.1) is 6.61 Å². The summed E-state index contributed by atoms with van der Waals surface area (Å²) in [5, 5.41) is 0. The van der Waals surface area contributed by atoms with E-state index >= 15 is 0 Å². The highest BCUT2D eigenvalue weighted by atomic mass is 16.6. The lowest BCUT2D eigenvalue weighted by Gasteiger charge is -2.31. The maximum atomic E-state index is 11.9. The number of ether oxygens (including phenoxy) is 1. The quantitative estimate of drug-likeness (QED) is 0.779. The van der Waals surface area contributed by atoms with Crippen molar-refractivity contribution in [2.24, 2.45) is 5.92 Å². The Labute approximate surface area is 139 Å². The van der Waals surface area contributed by atoms with Gasteiger partial charge in [-0.25, -0.2) is 9.78 Å². The van der Waals surface area contributed by atoms with Gasteiger partial charge in [0.2, 0.25) is 0 Å². The number of aryl methyl sites for hydroxylation is 1. The number of hydrogen-bond acceptors (Lipinski definition) is 4. The number of piperidine rings is 1. The standard InChI is InChI=1S/C18H29N3O2/c1-2-3-13-23-18(22)21-11-9-15(10-12-21)5-4-6-16-7-8-17(19)20-14-16/h7-8,14-15H,2-6,9-13H2,1H3,(H2,19,20). The number of rotatable bonds is 7. The molecule has 5 nitrogen and oxygen atoms in total. The van der Waals surface area contributed by atoms with Crippen molar-refractivity contribution in [2.45, 2.75) is 51.9 Å². The number of pyridine rings is 1. The second-order valence-electron chi connectivity index (χ2n) is 6.38. The molecule has 2 N–H and O–H groups in total. The molecular formula is C18H29N3O2. The van der Waals surface area contributed by atoms with Crippen LogP contribution in [-0.4, -0.2) is 35.7 Å². The number of hydrogen-bond donors (Lipinski definition) is 1. The first-order valence-corrected chi connectivity index (χ1v) is 8.81. The van der Waals surface area contributed by atoms with E-state index in [0.717, 1.165) is 57.5 Å². The molecule has 5 heteroatoms.